The van der Waals surface area contributed by atoms with Gasteiger partial charge in [-0.25, -0.2) is 0 Å². The molecule has 1 unspecified atom stereocenters. The molecule has 0 saturated carbocycles. The van der Waals surface area contributed by atoms with Gasteiger partial charge in [-0.1, -0.05) is 32.4 Å². The maximum atomic E-state index is 6.25. The van der Waals surface area contributed by atoms with Crippen molar-refractivity contribution in [2.24, 2.45) is 5.73 Å². The number of rotatable bonds is 6. The van der Waals surface area contributed by atoms with Crippen molar-refractivity contribution in [3.63, 3.8) is 0 Å². The summed E-state index contributed by atoms with van der Waals surface area (Å²) in [7, 11) is 0. The predicted octanol–water partition coefficient (Wildman–Crippen LogP) is 4.28. The average molecular weight is 270 g/mol. The predicted molar refractivity (Wildman–Crippen MR) is 78.7 cm³/mol. The lowest BCUT2D eigenvalue weighted by atomic mass is 10.0. The van der Waals surface area contributed by atoms with Gasteiger partial charge in [0.25, 0.3) is 0 Å². The molecule has 3 heteroatoms. The summed E-state index contributed by atoms with van der Waals surface area (Å²) in [6.45, 7) is 9.08. The van der Waals surface area contributed by atoms with Crippen LogP contribution in [0.25, 0.3) is 0 Å². The van der Waals surface area contributed by atoms with Crippen molar-refractivity contribution in [1.29, 1.82) is 0 Å². The first-order chi connectivity index (χ1) is 8.49. The van der Waals surface area contributed by atoms with Gasteiger partial charge in [0.2, 0.25) is 0 Å². The summed E-state index contributed by atoms with van der Waals surface area (Å²) < 4.78 is 6.04. The molecule has 0 aliphatic carbocycles. The van der Waals surface area contributed by atoms with Crippen LogP contribution >= 0.6 is 11.6 Å². The third kappa shape index (κ3) is 3.89. The highest BCUT2D eigenvalue weighted by molar-refractivity contribution is 6.31. The second kappa shape index (κ2) is 7.01. The molecule has 0 amide bonds. The Kier molecular flexibility index (Phi) is 5.97. The fourth-order valence-electron chi connectivity index (χ4n) is 1.95. The van der Waals surface area contributed by atoms with Gasteiger partial charge in [-0.2, -0.15) is 0 Å². The van der Waals surface area contributed by atoms with Gasteiger partial charge in [-0.15, -0.1) is 0 Å². The van der Waals surface area contributed by atoms with Crippen LogP contribution in [0.1, 0.15) is 50.7 Å². The number of benzene rings is 1. The summed E-state index contributed by atoms with van der Waals surface area (Å²) >= 11 is 6.25. The minimum absolute atomic E-state index is 0.190. The van der Waals surface area contributed by atoms with Gasteiger partial charge in [0, 0.05) is 5.02 Å². The Hall–Kier alpha value is -0.730. The smallest absolute Gasteiger partial charge is 0.123 e. The molecule has 0 heterocycles. The van der Waals surface area contributed by atoms with Crippen molar-refractivity contribution >= 4 is 11.6 Å². The Morgan fingerprint density at radius 2 is 2.00 bits per heavy atom. The van der Waals surface area contributed by atoms with E-state index in [4.69, 9.17) is 22.1 Å². The molecule has 1 aromatic carbocycles. The van der Waals surface area contributed by atoms with Crippen LogP contribution in [0.4, 0.5) is 0 Å². The Bertz CT molecular complexity index is 390. The van der Waals surface area contributed by atoms with Crippen molar-refractivity contribution in [2.75, 3.05) is 6.54 Å². The molecule has 0 radical (unpaired) electrons. The second-order valence-electron chi connectivity index (χ2n) is 5.02. The molecule has 0 bridgehead atoms. The first kappa shape index (κ1) is 15.3. The van der Waals surface area contributed by atoms with Crippen LogP contribution in [0.5, 0.6) is 5.75 Å². The van der Waals surface area contributed by atoms with E-state index in [9.17, 15) is 0 Å². The van der Waals surface area contributed by atoms with Crippen LogP contribution in [0.15, 0.2) is 12.1 Å². The largest absolute Gasteiger partial charge is 0.490 e. The van der Waals surface area contributed by atoms with Crippen molar-refractivity contribution in [3.8, 4) is 5.75 Å². The standard InChI is InChI=1S/C15H24ClNO/c1-5-12(6-7-17)18-15-9-13(10(2)3)14(16)8-11(15)4/h8-10,12H,5-7,17H2,1-4H3. The molecule has 2 N–H and O–H groups in total. The SMILES string of the molecule is CCC(CCN)Oc1cc(C(C)C)c(Cl)cc1C. The molecule has 0 aliphatic heterocycles. The molecule has 102 valence electrons. The first-order valence-electron chi connectivity index (χ1n) is 6.66. The summed E-state index contributed by atoms with van der Waals surface area (Å²) in [6.07, 6.45) is 2.04. The van der Waals surface area contributed by atoms with E-state index >= 15 is 0 Å². The lowest BCUT2D eigenvalue weighted by Crippen LogP contribution is -2.20. The summed E-state index contributed by atoms with van der Waals surface area (Å²) in [5, 5.41) is 0.821. The van der Waals surface area contributed by atoms with Crippen molar-refractivity contribution < 1.29 is 4.74 Å². The van der Waals surface area contributed by atoms with Crippen LogP contribution in [0.3, 0.4) is 0 Å². The number of hydrogen-bond donors (Lipinski definition) is 1. The maximum Gasteiger partial charge on any atom is 0.123 e. The van der Waals surface area contributed by atoms with E-state index in [0.717, 1.165) is 34.7 Å². The van der Waals surface area contributed by atoms with Crippen molar-refractivity contribution in [3.05, 3.63) is 28.3 Å². The minimum atomic E-state index is 0.190. The van der Waals surface area contributed by atoms with Gasteiger partial charge in [0.1, 0.15) is 5.75 Å². The molecular formula is C15H24ClNO. The zero-order valence-electron chi connectivity index (χ0n) is 11.8. The van der Waals surface area contributed by atoms with E-state index in [1.165, 1.54) is 0 Å². The van der Waals surface area contributed by atoms with Crippen LogP contribution < -0.4 is 10.5 Å². The number of nitrogens with two attached hydrogens (primary N) is 1. The molecule has 0 saturated heterocycles. The van der Waals surface area contributed by atoms with E-state index in [1.54, 1.807) is 0 Å². The number of halogens is 1. The molecule has 0 fully saturated rings. The fraction of sp³-hybridized carbons (Fsp3) is 0.600. The van der Waals surface area contributed by atoms with Gasteiger partial charge in [-0.05, 0) is 55.5 Å². The molecule has 0 aliphatic rings. The van der Waals surface area contributed by atoms with E-state index in [1.807, 2.05) is 13.0 Å². The Labute approximate surface area is 115 Å². The van der Waals surface area contributed by atoms with Crippen LogP contribution in [0, 0.1) is 6.92 Å². The molecule has 1 rings (SSSR count). The lowest BCUT2D eigenvalue weighted by molar-refractivity contribution is 0.188. The summed E-state index contributed by atoms with van der Waals surface area (Å²) in [6, 6.07) is 4.06. The number of ether oxygens (including phenoxy) is 1. The fourth-order valence-corrected chi connectivity index (χ4v) is 2.39. The van der Waals surface area contributed by atoms with Gasteiger partial charge < -0.3 is 10.5 Å². The third-order valence-electron chi connectivity index (χ3n) is 3.15. The van der Waals surface area contributed by atoms with E-state index in [0.29, 0.717) is 12.5 Å². The van der Waals surface area contributed by atoms with Crippen molar-refractivity contribution in [1.82, 2.24) is 0 Å². The van der Waals surface area contributed by atoms with Crippen molar-refractivity contribution in [2.45, 2.75) is 52.6 Å². The van der Waals surface area contributed by atoms with Crippen LogP contribution in [-0.4, -0.2) is 12.6 Å². The molecule has 1 atom stereocenters. The van der Waals surface area contributed by atoms with E-state index < -0.39 is 0 Å². The maximum absolute atomic E-state index is 6.25. The lowest BCUT2D eigenvalue weighted by Gasteiger charge is -2.20. The summed E-state index contributed by atoms with van der Waals surface area (Å²) in [4.78, 5) is 0. The molecule has 2 nitrogen and oxygen atoms in total. The number of aryl methyl sites for hydroxylation is 1. The van der Waals surface area contributed by atoms with Gasteiger partial charge in [-0.3, -0.25) is 0 Å². The molecule has 0 aromatic heterocycles. The highest BCUT2D eigenvalue weighted by atomic mass is 35.5. The summed E-state index contributed by atoms with van der Waals surface area (Å²) in [5.74, 6) is 1.33. The second-order valence-corrected chi connectivity index (χ2v) is 5.43. The van der Waals surface area contributed by atoms with E-state index in [-0.39, 0.29) is 6.10 Å². The molecule has 18 heavy (non-hydrogen) atoms. The zero-order valence-corrected chi connectivity index (χ0v) is 12.6. The van der Waals surface area contributed by atoms with E-state index in [2.05, 4.69) is 26.8 Å². The van der Waals surface area contributed by atoms with Crippen LogP contribution in [0.2, 0.25) is 5.02 Å². The topological polar surface area (TPSA) is 35.2 Å². The molecule has 0 spiro atoms. The first-order valence-corrected chi connectivity index (χ1v) is 7.04. The highest BCUT2D eigenvalue weighted by Crippen LogP contribution is 2.32. The average Bonchev–Trinajstić information content (AvgIpc) is 2.31. The monoisotopic (exact) mass is 269 g/mol. The molecular weight excluding hydrogens is 246 g/mol. The zero-order chi connectivity index (χ0) is 13.7. The highest BCUT2D eigenvalue weighted by Gasteiger charge is 2.13. The summed E-state index contributed by atoms with van der Waals surface area (Å²) in [5.41, 5.74) is 7.82. The normalized spacial score (nSPS) is 12.8. The minimum Gasteiger partial charge on any atom is -0.490 e. The third-order valence-corrected chi connectivity index (χ3v) is 3.48. The number of hydrogen-bond acceptors (Lipinski definition) is 2. The van der Waals surface area contributed by atoms with Gasteiger partial charge in [0.15, 0.2) is 0 Å². The molecule has 1 aromatic rings. The quantitative estimate of drug-likeness (QED) is 0.837. The Morgan fingerprint density at radius 1 is 1.33 bits per heavy atom. The van der Waals surface area contributed by atoms with Gasteiger partial charge in [0.05, 0.1) is 6.10 Å². The van der Waals surface area contributed by atoms with Crippen LogP contribution in [-0.2, 0) is 0 Å². The Balaban J connectivity index is 2.97. The Morgan fingerprint density at radius 3 is 2.50 bits per heavy atom. The van der Waals surface area contributed by atoms with Gasteiger partial charge >= 0.3 is 0 Å².